The molecular weight excluding hydrogens is 483 g/mol. The molecule has 186 valence electrons. The molecule has 11 heteroatoms. The van der Waals surface area contributed by atoms with Gasteiger partial charge in [-0.25, -0.2) is 9.37 Å². The quantitative estimate of drug-likeness (QED) is 0.534. The summed E-state index contributed by atoms with van der Waals surface area (Å²) >= 11 is 6.34. The molecule has 4 heterocycles. The summed E-state index contributed by atoms with van der Waals surface area (Å²) in [5, 5.41) is 18.9. The Bertz CT molecular complexity index is 1340. The molecule has 1 aromatic carbocycles. The maximum absolute atomic E-state index is 13.7. The van der Waals surface area contributed by atoms with Crippen LogP contribution in [0.5, 0.6) is 0 Å². The van der Waals surface area contributed by atoms with Crippen LogP contribution in [0.25, 0.3) is 5.69 Å². The number of nitriles is 1. The fourth-order valence-electron chi connectivity index (χ4n) is 4.85. The summed E-state index contributed by atoms with van der Waals surface area (Å²) in [6.07, 6.45) is 1.62. The van der Waals surface area contributed by atoms with Crippen molar-refractivity contribution >= 4 is 23.3 Å². The minimum Gasteiger partial charge on any atom is -0.357 e. The molecule has 0 saturated carbocycles. The zero-order valence-corrected chi connectivity index (χ0v) is 20.9. The highest BCUT2D eigenvalue weighted by atomic mass is 35.5. The van der Waals surface area contributed by atoms with Crippen molar-refractivity contribution in [2.45, 2.75) is 31.8 Å². The molecule has 0 bridgehead atoms. The molecule has 0 unspecified atom stereocenters. The first kappa shape index (κ1) is 24.2. The van der Waals surface area contributed by atoms with Crippen molar-refractivity contribution in [2.75, 3.05) is 38.6 Å². The lowest BCUT2D eigenvalue weighted by molar-refractivity contribution is -0.130. The van der Waals surface area contributed by atoms with Gasteiger partial charge in [-0.15, -0.1) is 10.2 Å². The molecule has 2 aromatic heterocycles. The van der Waals surface area contributed by atoms with Crippen molar-refractivity contribution < 1.29 is 9.18 Å². The smallest absolute Gasteiger partial charge is 0.236 e. The van der Waals surface area contributed by atoms with Crippen molar-refractivity contribution in [2.24, 2.45) is 0 Å². The summed E-state index contributed by atoms with van der Waals surface area (Å²) in [7, 11) is 3.50. The van der Waals surface area contributed by atoms with Gasteiger partial charge in [-0.3, -0.25) is 14.3 Å². The molecule has 0 atom stereocenters. The lowest BCUT2D eigenvalue weighted by Crippen LogP contribution is -2.35. The lowest BCUT2D eigenvalue weighted by Gasteiger charge is -2.32. The SMILES string of the molecule is CN(C)C(=O)CN1Cc2cc(Cl)ccc2-n2c(nnc2C2CCN(c3ccc(F)c(C#N)n3)CC2)C1. The molecule has 1 fully saturated rings. The van der Waals surface area contributed by atoms with Crippen LogP contribution in [0.2, 0.25) is 5.02 Å². The van der Waals surface area contributed by atoms with Crippen LogP contribution in [0, 0.1) is 17.1 Å². The van der Waals surface area contributed by atoms with Gasteiger partial charge in [0.25, 0.3) is 0 Å². The van der Waals surface area contributed by atoms with E-state index in [4.69, 9.17) is 16.9 Å². The number of hydrogen-bond donors (Lipinski definition) is 0. The van der Waals surface area contributed by atoms with E-state index < -0.39 is 5.82 Å². The number of amides is 1. The maximum atomic E-state index is 13.7. The van der Waals surface area contributed by atoms with Gasteiger partial charge in [0.15, 0.2) is 17.3 Å². The number of nitrogens with zero attached hydrogens (tertiary/aromatic N) is 8. The normalized spacial score (nSPS) is 16.1. The molecule has 2 aliphatic heterocycles. The van der Waals surface area contributed by atoms with Gasteiger partial charge in [0, 0.05) is 44.7 Å². The average molecular weight is 509 g/mol. The van der Waals surface area contributed by atoms with Gasteiger partial charge in [0.05, 0.1) is 18.8 Å². The van der Waals surface area contributed by atoms with Gasteiger partial charge in [-0.2, -0.15) is 5.26 Å². The Labute approximate surface area is 213 Å². The van der Waals surface area contributed by atoms with E-state index in [-0.39, 0.29) is 24.1 Å². The van der Waals surface area contributed by atoms with Crippen molar-refractivity contribution in [3.63, 3.8) is 0 Å². The Kier molecular flexibility index (Phi) is 6.60. The summed E-state index contributed by atoms with van der Waals surface area (Å²) in [4.78, 5) is 22.3. The maximum Gasteiger partial charge on any atom is 0.236 e. The molecule has 2 aliphatic rings. The zero-order valence-electron chi connectivity index (χ0n) is 20.2. The van der Waals surface area contributed by atoms with Crippen LogP contribution < -0.4 is 4.90 Å². The van der Waals surface area contributed by atoms with Crippen LogP contribution in [0.4, 0.5) is 10.2 Å². The Morgan fingerprint density at radius 3 is 2.69 bits per heavy atom. The standard InChI is InChI=1S/C25H26ClFN8O/c1-32(2)24(36)15-33-13-17-11-18(26)3-5-21(17)35-23(14-33)30-31-25(35)16-7-9-34(10-8-16)22-6-4-19(27)20(12-28)29-22/h3-6,11,16H,7-10,13-15H2,1-2H3. The molecule has 5 rings (SSSR count). The third-order valence-electron chi connectivity index (χ3n) is 6.78. The second-order valence-corrected chi connectivity index (χ2v) is 9.83. The van der Waals surface area contributed by atoms with Crippen LogP contribution in [0.1, 0.15) is 41.7 Å². The third-order valence-corrected chi connectivity index (χ3v) is 7.01. The predicted octanol–water partition coefficient (Wildman–Crippen LogP) is 3.11. The summed E-state index contributed by atoms with van der Waals surface area (Å²) in [5.41, 5.74) is 1.81. The van der Waals surface area contributed by atoms with Crippen molar-refractivity contribution in [3.05, 3.63) is 64.1 Å². The van der Waals surface area contributed by atoms with Gasteiger partial charge in [-0.1, -0.05) is 11.6 Å². The number of piperidine rings is 1. The van der Waals surface area contributed by atoms with E-state index in [1.54, 1.807) is 25.1 Å². The first-order chi connectivity index (χ1) is 17.3. The number of carbonyl (C=O) groups excluding carboxylic acids is 1. The molecule has 1 amide bonds. The van der Waals surface area contributed by atoms with Gasteiger partial charge >= 0.3 is 0 Å². The first-order valence-corrected chi connectivity index (χ1v) is 12.2. The second-order valence-electron chi connectivity index (χ2n) is 9.39. The number of anilines is 1. The van der Waals surface area contributed by atoms with E-state index in [0.29, 0.717) is 37.0 Å². The van der Waals surface area contributed by atoms with E-state index in [2.05, 4.69) is 29.5 Å². The van der Waals surface area contributed by atoms with Crippen molar-refractivity contribution in [1.82, 2.24) is 29.5 Å². The second kappa shape index (κ2) is 9.84. The van der Waals surface area contributed by atoms with E-state index in [0.717, 1.165) is 35.7 Å². The van der Waals surface area contributed by atoms with E-state index in [1.807, 2.05) is 24.3 Å². The van der Waals surface area contributed by atoms with Crippen LogP contribution in [0.15, 0.2) is 30.3 Å². The fraction of sp³-hybridized carbons (Fsp3) is 0.400. The number of benzene rings is 1. The number of pyridine rings is 1. The number of fused-ring (bicyclic) bond motifs is 3. The Morgan fingerprint density at radius 2 is 1.97 bits per heavy atom. The number of rotatable bonds is 4. The Hall–Kier alpha value is -3.55. The number of likely N-dealkylation sites (N-methyl/N-ethyl adjacent to an activating group) is 1. The monoisotopic (exact) mass is 508 g/mol. The number of hydrogen-bond acceptors (Lipinski definition) is 7. The van der Waals surface area contributed by atoms with E-state index in [9.17, 15) is 9.18 Å². The topological polar surface area (TPSA) is 94.2 Å². The van der Waals surface area contributed by atoms with Gasteiger partial charge < -0.3 is 9.80 Å². The van der Waals surface area contributed by atoms with Crippen molar-refractivity contribution in [1.29, 1.82) is 5.26 Å². The van der Waals surface area contributed by atoms with Gasteiger partial charge in [-0.05, 0) is 48.7 Å². The molecule has 9 nitrogen and oxygen atoms in total. The Balaban J connectivity index is 1.41. The highest BCUT2D eigenvalue weighted by Gasteiger charge is 2.31. The third kappa shape index (κ3) is 4.64. The zero-order chi connectivity index (χ0) is 25.4. The summed E-state index contributed by atoms with van der Waals surface area (Å²) in [6, 6.07) is 10.5. The summed E-state index contributed by atoms with van der Waals surface area (Å²) in [5.74, 6) is 1.86. The lowest BCUT2D eigenvalue weighted by atomic mass is 9.95. The van der Waals surface area contributed by atoms with E-state index in [1.165, 1.54) is 6.07 Å². The largest absolute Gasteiger partial charge is 0.357 e. The summed E-state index contributed by atoms with van der Waals surface area (Å²) < 4.78 is 15.8. The summed E-state index contributed by atoms with van der Waals surface area (Å²) in [6.45, 7) is 2.75. The minimum absolute atomic E-state index is 0.0214. The number of carbonyl (C=O) groups is 1. The van der Waals surface area contributed by atoms with Gasteiger partial charge in [0.2, 0.25) is 5.91 Å². The molecule has 3 aromatic rings. The molecular formula is C25H26ClFN8O. The first-order valence-electron chi connectivity index (χ1n) is 11.8. The van der Waals surface area contributed by atoms with Gasteiger partial charge in [0.1, 0.15) is 17.7 Å². The predicted molar refractivity (Wildman–Crippen MR) is 132 cm³/mol. The van der Waals surface area contributed by atoms with E-state index >= 15 is 0 Å². The molecule has 0 radical (unpaired) electrons. The molecule has 0 spiro atoms. The van der Waals surface area contributed by atoms with Crippen LogP contribution in [-0.2, 0) is 17.9 Å². The van der Waals surface area contributed by atoms with Crippen LogP contribution in [0.3, 0.4) is 0 Å². The van der Waals surface area contributed by atoms with Crippen LogP contribution in [-0.4, -0.2) is 69.2 Å². The Morgan fingerprint density at radius 1 is 1.19 bits per heavy atom. The number of halogens is 2. The highest BCUT2D eigenvalue weighted by Crippen LogP contribution is 2.34. The van der Waals surface area contributed by atoms with Crippen LogP contribution >= 0.6 is 11.6 Å². The fourth-order valence-corrected chi connectivity index (χ4v) is 5.05. The minimum atomic E-state index is -0.609. The van der Waals surface area contributed by atoms with Crippen molar-refractivity contribution in [3.8, 4) is 11.8 Å². The number of aromatic nitrogens is 4. The molecule has 36 heavy (non-hydrogen) atoms. The highest BCUT2D eigenvalue weighted by molar-refractivity contribution is 6.30. The molecule has 0 N–H and O–H groups in total. The average Bonchev–Trinajstić information content (AvgIpc) is 3.21. The molecule has 0 aliphatic carbocycles. The molecule has 1 saturated heterocycles.